The molecule has 19 heavy (non-hydrogen) atoms. The number of hydrogen-bond donors (Lipinski definition) is 2. The maximum atomic E-state index is 11.7. The molecular weight excluding hydrogens is 268 g/mol. The van der Waals surface area contributed by atoms with Crippen LogP contribution in [0.4, 0.5) is 5.13 Å². The molecule has 7 nitrogen and oxygen atoms in total. The number of rotatable bonds is 6. The summed E-state index contributed by atoms with van der Waals surface area (Å²) < 4.78 is 4.55. The molecule has 0 unspecified atom stereocenters. The van der Waals surface area contributed by atoms with Crippen LogP contribution in [0.2, 0.25) is 0 Å². The first kappa shape index (κ1) is 13.9. The summed E-state index contributed by atoms with van der Waals surface area (Å²) in [5.41, 5.74) is 5.05. The van der Waals surface area contributed by atoms with E-state index in [1.165, 1.54) is 18.4 Å². The van der Waals surface area contributed by atoms with Gasteiger partial charge in [-0.15, -0.1) is 10.2 Å². The van der Waals surface area contributed by atoms with Crippen LogP contribution in [-0.2, 0) is 20.7 Å². The molecule has 1 heterocycles. The summed E-state index contributed by atoms with van der Waals surface area (Å²) in [7, 11) is 1.36. The van der Waals surface area contributed by atoms with Gasteiger partial charge in [-0.2, -0.15) is 0 Å². The highest BCUT2D eigenvalue weighted by Crippen LogP contribution is 2.33. The third kappa shape index (κ3) is 3.71. The molecule has 0 saturated heterocycles. The molecule has 2 rings (SSSR count). The summed E-state index contributed by atoms with van der Waals surface area (Å²) in [6.45, 7) is 0. The van der Waals surface area contributed by atoms with E-state index < -0.39 is 5.54 Å². The Morgan fingerprint density at radius 2 is 2.21 bits per heavy atom. The number of esters is 1. The van der Waals surface area contributed by atoms with Crippen molar-refractivity contribution in [3.63, 3.8) is 0 Å². The molecule has 0 aromatic carbocycles. The Morgan fingerprint density at radius 1 is 1.47 bits per heavy atom. The number of nitrogens with two attached hydrogens (primary N) is 1. The van der Waals surface area contributed by atoms with E-state index in [0.717, 1.165) is 5.01 Å². The van der Waals surface area contributed by atoms with Crippen molar-refractivity contribution >= 4 is 28.3 Å². The van der Waals surface area contributed by atoms with E-state index in [-0.39, 0.29) is 11.9 Å². The Morgan fingerprint density at radius 3 is 2.84 bits per heavy atom. The highest BCUT2D eigenvalue weighted by atomic mass is 32.1. The lowest BCUT2D eigenvalue weighted by atomic mass is 10.2. The highest BCUT2D eigenvalue weighted by molar-refractivity contribution is 7.15. The Hall–Kier alpha value is -1.54. The SMILES string of the molecule is COC(=O)CCCc1nnc(NC(=O)C2(N)CC2)s1. The predicted octanol–water partition coefficient (Wildman–Crippen LogP) is 0.464. The van der Waals surface area contributed by atoms with Crippen LogP contribution in [0.1, 0.15) is 30.7 Å². The molecule has 1 aliphatic rings. The van der Waals surface area contributed by atoms with Crippen LogP contribution >= 0.6 is 11.3 Å². The van der Waals surface area contributed by atoms with Crippen molar-refractivity contribution in [1.29, 1.82) is 0 Å². The van der Waals surface area contributed by atoms with Gasteiger partial charge >= 0.3 is 5.97 Å². The van der Waals surface area contributed by atoms with Gasteiger partial charge in [0.15, 0.2) is 0 Å². The minimum absolute atomic E-state index is 0.204. The quantitative estimate of drug-likeness (QED) is 0.735. The molecule has 104 valence electrons. The average Bonchev–Trinajstić information content (AvgIpc) is 2.99. The van der Waals surface area contributed by atoms with E-state index in [0.29, 0.717) is 37.2 Å². The van der Waals surface area contributed by atoms with Crippen LogP contribution < -0.4 is 11.1 Å². The first-order valence-corrected chi connectivity index (χ1v) is 6.85. The van der Waals surface area contributed by atoms with Crippen LogP contribution in [0, 0.1) is 0 Å². The van der Waals surface area contributed by atoms with Crippen LogP contribution in [0.3, 0.4) is 0 Å². The van der Waals surface area contributed by atoms with Crippen molar-refractivity contribution in [2.24, 2.45) is 5.73 Å². The number of amides is 1. The van der Waals surface area contributed by atoms with Gasteiger partial charge in [0.1, 0.15) is 5.01 Å². The van der Waals surface area contributed by atoms with Crippen molar-refractivity contribution in [3.05, 3.63) is 5.01 Å². The molecule has 1 aliphatic carbocycles. The van der Waals surface area contributed by atoms with E-state index in [1.807, 2.05) is 0 Å². The Bertz CT molecular complexity index is 484. The fourth-order valence-corrected chi connectivity index (χ4v) is 2.25. The molecule has 0 radical (unpaired) electrons. The van der Waals surface area contributed by atoms with Gasteiger partial charge in [-0.3, -0.25) is 14.9 Å². The zero-order valence-electron chi connectivity index (χ0n) is 10.6. The number of nitrogens with one attached hydrogen (secondary N) is 1. The Kier molecular flexibility index (Phi) is 4.11. The fraction of sp³-hybridized carbons (Fsp3) is 0.636. The number of carbonyl (C=O) groups is 2. The Labute approximate surface area is 114 Å². The molecule has 3 N–H and O–H groups in total. The van der Waals surface area contributed by atoms with Crippen molar-refractivity contribution in [2.75, 3.05) is 12.4 Å². The van der Waals surface area contributed by atoms with Gasteiger partial charge in [-0.1, -0.05) is 11.3 Å². The van der Waals surface area contributed by atoms with Gasteiger partial charge in [0.05, 0.1) is 12.6 Å². The number of nitrogens with zero attached hydrogens (tertiary/aromatic N) is 2. The molecule has 1 fully saturated rings. The van der Waals surface area contributed by atoms with E-state index >= 15 is 0 Å². The van der Waals surface area contributed by atoms with Crippen molar-refractivity contribution < 1.29 is 14.3 Å². The van der Waals surface area contributed by atoms with E-state index in [2.05, 4.69) is 20.3 Å². The van der Waals surface area contributed by atoms with Gasteiger partial charge in [0, 0.05) is 12.8 Å². The van der Waals surface area contributed by atoms with E-state index in [1.54, 1.807) is 0 Å². The second-order valence-corrected chi connectivity index (χ2v) is 5.60. The highest BCUT2D eigenvalue weighted by Gasteiger charge is 2.46. The lowest BCUT2D eigenvalue weighted by Crippen LogP contribution is -2.37. The summed E-state index contributed by atoms with van der Waals surface area (Å²) >= 11 is 1.30. The molecule has 1 aromatic heterocycles. The zero-order valence-corrected chi connectivity index (χ0v) is 11.5. The maximum absolute atomic E-state index is 11.7. The standard InChI is InChI=1S/C11H16N4O3S/c1-18-8(16)4-2-3-7-14-15-10(19-7)13-9(17)11(12)5-6-11/h2-6,12H2,1H3,(H,13,15,17). The predicted molar refractivity (Wildman–Crippen MR) is 69.6 cm³/mol. The summed E-state index contributed by atoms with van der Waals surface area (Å²) in [6.07, 6.45) is 3.06. The first-order valence-electron chi connectivity index (χ1n) is 6.03. The third-order valence-electron chi connectivity index (χ3n) is 2.93. The molecule has 0 bridgehead atoms. The first-order chi connectivity index (χ1) is 9.03. The molecule has 1 amide bonds. The summed E-state index contributed by atoms with van der Waals surface area (Å²) in [6, 6.07) is 0. The number of carbonyl (C=O) groups excluding carboxylic acids is 2. The fourth-order valence-electron chi connectivity index (χ4n) is 1.47. The molecule has 8 heteroatoms. The molecular formula is C11H16N4O3S. The number of anilines is 1. The van der Waals surface area contributed by atoms with Gasteiger partial charge < -0.3 is 10.5 Å². The molecule has 0 atom stereocenters. The summed E-state index contributed by atoms with van der Waals surface area (Å²) in [5, 5.41) is 11.7. The normalized spacial score (nSPS) is 15.9. The van der Waals surface area contributed by atoms with Crippen LogP contribution in [0.15, 0.2) is 0 Å². The van der Waals surface area contributed by atoms with E-state index in [9.17, 15) is 9.59 Å². The van der Waals surface area contributed by atoms with Crippen LogP contribution in [0.5, 0.6) is 0 Å². The smallest absolute Gasteiger partial charge is 0.305 e. The number of aromatic nitrogens is 2. The van der Waals surface area contributed by atoms with Gasteiger partial charge in [0.25, 0.3) is 0 Å². The molecule has 1 aromatic rings. The van der Waals surface area contributed by atoms with Gasteiger partial charge in [-0.05, 0) is 19.3 Å². The minimum Gasteiger partial charge on any atom is -0.469 e. The van der Waals surface area contributed by atoms with Gasteiger partial charge in [0.2, 0.25) is 11.0 Å². The number of ether oxygens (including phenoxy) is 1. The van der Waals surface area contributed by atoms with Crippen molar-refractivity contribution in [2.45, 2.75) is 37.6 Å². The second kappa shape index (κ2) is 5.62. The monoisotopic (exact) mass is 284 g/mol. The third-order valence-corrected chi connectivity index (χ3v) is 3.83. The Balaban J connectivity index is 1.78. The molecule has 1 saturated carbocycles. The average molecular weight is 284 g/mol. The largest absolute Gasteiger partial charge is 0.469 e. The lowest BCUT2D eigenvalue weighted by molar-refractivity contribution is -0.140. The van der Waals surface area contributed by atoms with Crippen LogP contribution in [-0.4, -0.2) is 34.7 Å². The zero-order chi connectivity index (χ0) is 13.9. The number of aryl methyl sites for hydroxylation is 1. The molecule has 0 aliphatic heterocycles. The van der Waals surface area contributed by atoms with Crippen molar-refractivity contribution in [3.8, 4) is 0 Å². The minimum atomic E-state index is -0.712. The second-order valence-electron chi connectivity index (χ2n) is 4.54. The van der Waals surface area contributed by atoms with Gasteiger partial charge in [-0.25, -0.2) is 0 Å². The lowest BCUT2D eigenvalue weighted by Gasteiger charge is -2.05. The number of hydrogen-bond acceptors (Lipinski definition) is 7. The molecule has 0 spiro atoms. The van der Waals surface area contributed by atoms with Crippen molar-refractivity contribution in [1.82, 2.24) is 10.2 Å². The topological polar surface area (TPSA) is 107 Å². The van der Waals surface area contributed by atoms with E-state index in [4.69, 9.17) is 5.73 Å². The maximum Gasteiger partial charge on any atom is 0.305 e. The summed E-state index contributed by atoms with van der Waals surface area (Å²) in [4.78, 5) is 22.6. The van der Waals surface area contributed by atoms with Crippen LogP contribution in [0.25, 0.3) is 0 Å². The summed E-state index contributed by atoms with van der Waals surface area (Å²) in [5.74, 6) is -0.443. The number of methoxy groups -OCH3 is 1.